The molecule has 0 fully saturated rings. The monoisotopic (exact) mass is 1130 g/mol. The predicted molar refractivity (Wildman–Crippen MR) is 341 cm³/mol. The maximum Gasteiger partial charge on any atom is 0.306 e. The van der Waals surface area contributed by atoms with Crippen LogP contribution in [0.25, 0.3) is 0 Å². The quantitative estimate of drug-likeness (QED) is 0.0195. The highest BCUT2D eigenvalue weighted by Gasteiger charge is 2.22. The molecule has 0 aliphatic carbocycles. The molecule has 0 aliphatic heterocycles. The third kappa shape index (κ3) is 63.3. The standard InChI is InChI=1S/C70H118NO8P/c1-6-8-10-12-14-16-18-20-22-24-26-27-28-29-30-31-32-33-34-35-36-37-38-39-40-41-42-43-45-47-49-51-53-55-57-59-61-63-70(73)79-68(67-78-80(74,75)77-65-64-71(3,4)5)66-76-69(72)62-60-58-56-54-52-50-48-46-44-25-23-21-19-17-15-13-11-9-7-2/h8,10,14,16,20,22,26-27,29-30,32-33,35-36,38-39,41-42,45,47,51,53,68H,6-7,9,11-13,15,17-19,21,23-25,28,31,34,37,40,43-44,46,48-50,52,54-67H2,1-5H3/b10-8-,16-14-,22-20-,27-26-,30-29-,33-32-,36-35-,39-38-,42-41-,47-45-,53-51-. The first kappa shape index (κ1) is 76.1. The van der Waals surface area contributed by atoms with E-state index in [1.807, 2.05) is 21.1 Å². The van der Waals surface area contributed by atoms with Crippen LogP contribution >= 0.6 is 7.82 Å². The molecule has 0 aromatic heterocycles. The number of likely N-dealkylation sites (N-methyl/N-ethyl adjacent to an activating group) is 1. The zero-order chi connectivity index (χ0) is 58.4. The molecular formula is C70H118NO8P. The number of ether oxygens (including phenoxy) is 2. The number of esters is 2. The van der Waals surface area contributed by atoms with Gasteiger partial charge in [-0.2, -0.15) is 0 Å². The number of carbonyl (C=O) groups excluding carboxylic acids is 2. The van der Waals surface area contributed by atoms with Crippen molar-refractivity contribution in [1.29, 1.82) is 0 Å². The Labute approximate surface area is 491 Å². The largest absolute Gasteiger partial charge is 0.756 e. The average Bonchev–Trinajstić information content (AvgIpc) is 3.42. The SMILES string of the molecule is CC/C=C\C/C=C\C/C=C\C/C=C\C/C=C\C/C=C\C/C=C\C/C=C\C/C=C\C/C=C\C/C=C\CCCCCC(=O)OC(COC(=O)CCCCCCCCCCCCCCCCCCCCC)COP(=O)([O-])OCC[N+](C)(C)C. The van der Waals surface area contributed by atoms with Crippen molar-refractivity contribution in [2.24, 2.45) is 0 Å². The van der Waals surface area contributed by atoms with Gasteiger partial charge in [0.25, 0.3) is 7.82 Å². The molecule has 0 aromatic rings. The van der Waals surface area contributed by atoms with Gasteiger partial charge in [0.2, 0.25) is 0 Å². The highest BCUT2D eigenvalue weighted by Crippen LogP contribution is 2.38. The maximum atomic E-state index is 12.8. The molecule has 0 heterocycles. The molecule has 2 unspecified atom stereocenters. The van der Waals surface area contributed by atoms with E-state index in [4.69, 9.17) is 18.5 Å². The summed E-state index contributed by atoms with van der Waals surface area (Å²) in [5.41, 5.74) is 0. The van der Waals surface area contributed by atoms with Gasteiger partial charge in [-0.25, -0.2) is 0 Å². The van der Waals surface area contributed by atoms with Crippen molar-refractivity contribution in [3.63, 3.8) is 0 Å². The molecule has 0 rings (SSSR count). The van der Waals surface area contributed by atoms with Gasteiger partial charge in [-0.3, -0.25) is 14.2 Å². The average molecular weight is 1130 g/mol. The van der Waals surface area contributed by atoms with Crippen molar-refractivity contribution in [2.75, 3.05) is 47.5 Å². The second kappa shape index (κ2) is 59.8. The third-order valence-corrected chi connectivity index (χ3v) is 14.1. The molecule has 0 amide bonds. The van der Waals surface area contributed by atoms with E-state index in [0.29, 0.717) is 17.4 Å². The van der Waals surface area contributed by atoms with Crippen LogP contribution in [-0.4, -0.2) is 70.0 Å². The van der Waals surface area contributed by atoms with Crippen LogP contribution in [0.2, 0.25) is 0 Å². The van der Waals surface area contributed by atoms with Crippen LogP contribution in [0.1, 0.15) is 245 Å². The number of carbonyl (C=O) groups is 2. The molecule has 9 nitrogen and oxygen atoms in total. The fourth-order valence-electron chi connectivity index (χ4n) is 8.31. The summed E-state index contributed by atoms with van der Waals surface area (Å²) in [5, 5.41) is 0. The molecule has 0 bridgehead atoms. The Morgan fingerprint density at radius 2 is 0.713 bits per heavy atom. The fourth-order valence-corrected chi connectivity index (χ4v) is 9.04. The number of hydrogen-bond acceptors (Lipinski definition) is 8. The molecule has 456 valence electrons. The van der Waals surface area contributed by atoms with E-state index in [-0.39, 0.29) is 26.1 Å². The number of unbranched alkanes of at least 4 members (excludes halogenated alkanes) is 21. The lowest BCUT2D eigenvalue weighted by Gasteiger charge is -2.28. The molecule has 0 saturated heterocycles. The number of nitrogens with zero attached hydrogens (tertiary/aromatic N) is 1. The number of quaternary nitrogens is 1. The second-order valence-electron chi connectivity index (χ2n) is 22.0. The summed E-state index contributed by atoms with van der Waals surface area (Å²) in [5.74, 6) is -0.874. The Kier molecular flexibility index (Phi) is 56.9. The summed E-state index contributed by atoms with van der Waals surface area (Å²) in [4.78, 5) is 37.9. The van der Waals surface area contributed by atoms with Crippen LogP contribution in [0.3, 0.4) is 0 Å². The predicted octanol–water partition coefficient (Wildman–Crippen LogP) is 19.9. The minimum atomic E-state index is -4.65. The highest BCUT2D eigenvalue weighted by atomic mass is 31.2. The van der Waals surface area contributed by atoms with Gasteiger partial charge >= 0.3 is 11.9 Å². The lowest BCUT2D eigenvalue weighted by molar-refractivity contribution is -0.870. The topological polar surface area (TPSA) is 111 Å². The van der Waals surface area contributed by atoms with E-state index in [0.717, 1.165) is 109 Å². The lowest BCUT2D eigenvalue weighted by atomic mass is 10.0. The summed E-state index contributed by atoms with van der Waals surface area (Å²) >= 11 is 0. The van der Waals surface area contributed by atoms with Crippen LogP contribution in [0.15, 0.2) is 134 Å². The summed E-state index contributed by atoms with van der Waals surface area (Å²) in [6, 6.07) is 0. The van der Waals surface area contributed by atoms with Crippen LogP contribution in [0.4, 0.5) is 0 Å². The van der Waals surface area contributed by atoms with E-state index in [9.17, 15) is 19.0 Å². The first-order valence-corrected chi connectivity index (χ1v) is 33.4. The zero-order valence-electron chi connectivity index (χ0n) is 51.7. The highest BCUT2D eigenvalue weighted by molar-refractivity contribution is 7.45. The van der Waals surface area contributed by atoms with Gasteiger partial charge in [-0.1, -0.05) is 270 Å². The van der Waals surface area contributed by atoms with E-state index < -0.39 is 32.5 Å². The molecule has 0 spiro atoms. The Bertz CT molecular complexity index is 1810. The van der Waals surface area contributed by atoms with E-state index in [1.165, 1.54) is 103 Å². The number of hydrogen-bond donors (Lipinski definition) is 0. The zero-order valence-corrected chi connectivity index (χ0v) is 52.6. The van der Waals surface area contributed by atoms with Gasteiger partial charge in [0.05, 0.1) is 27.7 Å². The Morgan fingerprint density at radius 1 is 0.400 bits per heavy atom. The van der Waals surface area contributed by atoms with Crippen molar-refractivity contribution in [3.05, 3.63) is 134 Å². The summed E-state index contributed by atoms with van der Waals surface area (Å²) < 4.78 is 34.2. The van der Waals surface area contributed by atoms with Crippen LogP contribution < -0.4 is 4.89 Å². The van der Waals surface area contributed by atoms with Gasteiger partial charge in [0.1, 0.15) is 19.8 Å². The lowest BCUT2D eigenvalue weighted by Crippen LogP contribution is -2.37. The molecule has 0 aromatic carbocycles. The molecule has 0 N–H and O–H groups in total. The van der Waals surface area contributed by atoms with E-state index in [2.05, 4.69) is 148 Å². The smallest absolute Gasteiger partial charge is 0.306 e. The fraction of sp³-hybridized carbons (Fsp3) is 0.657. The van der Waals surface area contributed by atoms with E-state index in [1.54, 1.807) is 0 Å². The van der Waals surface area contributed by atoms with Crippen LogP contribution in [0, 0.1) is 0 Å². The van der Waals surface area contributed by atoms with Gasteiger partial charge < -0.3 is 27.9 Å². The molecule has 10 heteroatoms. The first-order chi connectivity index (χ1) is 39.0. The van der Waals surface area contributed by atoms with Gasteiger partial charge in [-0.05, 0) is 96.3 Å². The second-order valence-corrected chi connectivity index (χ2v) is 23.5. The van der Waals surface area contributed by atoms with Crippen molar-refractivity contribution >= 4 is 19.8 Å². The summed E-state index contributed by atoms with van der Waals surface area (Å²) in [6.45, 7) is 4.09. The van der Waals surface area contributed by atoms with E-state index >= 15 is 0 Å². The molecule has 0 aliphatic rings. The number of phosphoric acid groups is 1. The Morgan fingerprint density at radius 3 is 1.06 bits per heavy atom. The third-order valence-electron chi connectivity index (χ3n) is 13.2. The maximum absolute atomic E-state index is 12.8. The Hall–Kier alpha value is -3.85. The minimum absolute atomic E-state index is 0.0432. The van der Waals surface area contributed by atoms with Gasteiger partial charge in [0, 0.05) is 12.8 Å². The number of phosphoric ester groups is 1. The number of rotatable bonds is 57. The van der Waals surface area contributed by atoms with Gasteiger partial charge in [-0.15, -0.1) is 0 Å². The molecule has 0 radical (unpaired) electrons. The van der Waals surface area contributed by atoms with Crippen molar-refractivity contribution in [2.45, 2.75) is 251 Å². The van der Waals surface area contributed by atoms with Crippen LogP contribution in [-0.2, 0) is 32.7 Å². The van der Waals surface area contributed by atoms with Crippen LogP contribution in [0.5, 0.6) is 0 Å². The summed E-state index contributed by atoms with van der Waals surface area (Å²) in [6.07, 6.45) is 86.5. The Balaban J connectivity index is 4.22. The van der Waals surface area contributed by atoms with Crippen molar-refractivity contribution in [1.82, 2.24) is 0 Å². The first-order valence-electron chi connectivity index (χ1n) is 31.9. The number of allylic oxidation sites excluding steroid dienone is 22. The molecule has 80 heavy (non-hydrogen) atoms. The van der Waals surface area contributed by atoms with Crippen molar-refractivity contribution in [3.8, 4) is 0 Å². The van der Waals surface area contributed by atoms with Crippen molar-refractivity contribution < 1.29 is 42.1 Å². The molecular weight excluding hydrogens is 1010 g/mol. The molecule has 0 saturated carbocycles. The molecule has 2 atom stereocenters. The normalized spacial score (nSPS) is 14.1. The summed E-state index contributed by atoms with van der Waals surface area (Å²) in [7, 11) is 1.13. The van der Waals surface area contributed by atoms with Gasteiger partial charge in [0.15, 0.2) is 6.10 Å². The minimum Gasteiger partial charge on any atom is -0.756 e.